The first-order chi connectivity index (χ1) is 11.2. The van der Waals surface area contributed by atoms with E-state index in [0.717, 1.165) is 0 Å². The number of aliphatic hydroxyl groups excluding tert-OH is 1. The number of aliphatic hydroxyl groups is 1. The lowest BCUT2D eigenvalue weighted by atomic mass is 10.1. The van der Waals surface area contributed by atoms with Gasteiger partial charge in [-0.25, -0.2) is 0 Å². The molecule has 23 heavy (non-hydrogen) atoms. The van der Waals surface area contributed by atoms with Gasteiger partial charge in [0.2, 0.25) is 11.8 Å². The van der Waals surface area contributed by atoms with E-state index in [2.05, 4.69) is 10.1 Å². The Bertz CT molecular complexity index is 617. The molecule has 6 nitrogen and oxygen atoms in total. The molecule has 0 bridgehead atoms. The summed E-state index contributed by atoms with van der Waals surface area (Å²) in [6.07, 6.45) is 7.32. The van der Waals surface area contributed by atoms with Gasteiger partial charge in [0.05, 0.1) is 6.10 Å². The van der Waals surface area contributed by atoms with E-state index in [-0.39, 0.29) is 11.9 Å². The van der Waals surface area contributed by atoms with Crippen molar-refractivity contribution in [2.75, 3.05) is 6.54 Å². The van der Waals surface area contributed by atoms with Crippen molar-refractivity contribution in [2.24, 2.45) is 11.8 Å². The molecule has 0 aromatic carbocycles. The highest BCUT2D eigenvalue weighted by Gasteiger charge is 2.41. The van der Waals surface area contributed by atoms with Gasteiger partial charge < -0.3 is 14.5 Å². The van der Waals surface area contributed by atoms with Gasteiger partial charge in [0.1, 0.15) is 6.04 Å². The number of β-amino-alcohol motifs (C(OH)–C–C–N with tert-alkyl or cyclic N) is 1. The maximum atomic E-state index is 12.8. The summed E-state index contributed by atoms with van der Waals surface area (Å²) in [6, 6.07) is -0.304. The molecule has 1 amide bonds. The van der Waals surface area contributed by atoms with Crippen LogP contribution in [0.3, 0.4) is 0 Å². The molecule has 1 aromatic rings. The van der Waals surface area contributed by atoms with Gasteiger partial charge in [0.25, 0.3) is 0 Å². The molecular weight excluding hydrogens is 294 g/mol. The summed E-state index contributed by atoms with van der Waals surface area (Å²) in [7, 11) is 0. The molecular formula is C17H23N3O3. The molecule has 1 aliphatic heterocycles. The minimum atomic E-state index is -0.528. The summed E-state index contributed by atoms with van der Waals surface area (Å²) < 4.78 is 5.31. The lowest BCUT2D eigenvalue weighted by molar-refractivity contribution is -0.127. The van der Waals surface area contributed by atoms with Gasteiger partial charge in [-0.05, 0) is 37.5 Å². The highest BCUT2D eigenvalue weighted by molar-refractivity contribution is 5.89. The second-order valence-corrected chi connectivity index (χ2v) is 6.99. The Labute approximate surface area is 135 Å². The fourth-order valence-electron chi connectivity index (χ4n) is 3.47. The Morgan fingerprint density at radius 2 is 2.04 bits per heavy atom. The predicted molar refractivity (Wildman–Crippen MR) is 82.3 cm³/mol. The van der Waals surface area contributed by atoms with Crippen LogP contribution in [-0.2, 0) is 11.2 Å². The van der Waals surface area contributed by atoms with Crippen LogP contribution in [0.1, 0.15) is 56.8 Å². The summed E-state index contributed by atoms with van der Waals surface area (Å²) in [5, 5.41) is 13.9. The Balaban J connectivity index is 1.55. The smallest absolute Gasteiger partial charge is 0.249 e. The zero-order valence-electron chi connectivity index (χ0n) is 13.4. The van der Waals surface area contributed by atoms with Crippen LogP contribution in [0.2, 0.25) is 0 Å². The van der Waals surface area contributed by atoms with Gasteiger partial charge in [-0.3, -0.25) is 4.79 Å². The molecule has 1 N–H and O–H groups in total. The van der Waals surface area contributed by atoms with E-state index in [1.54, 1.807) is 4.90 Å². The SMILES string of the molecule is CCc1noc([C@H]2C[C@H](O)CN2C(=O)C=C(C2CC2)C2CC2)n1. The van der Waals surface area contributed by atoms with Crippen molar-refractivity contribution >= 4 is 5.91 Å². The summed E-state index contributed by atoms with van der Waals surface area (Å²) in [5.41, 5.74) is 1.33. The quantitative estimate of drug-likeness (QED) is 0.840. The minimum Gasteiger partial charge on any atom is -0.391 e. The van der Waals surface area contributed by atoms with Crippen LogP contribution >= 0.6 is 0 Å². The fraction of sp³-hybridized carbons (Fsp3) is 0.706. The number of likely N-dealkylation sites (tertiary alicyclic amines) is 1. The third-order valence-electron chi connectivity index (χ3n) is 5.03. The molecule has 3 fully saturated rings. The number of carbonyl (C=O) groups is 1. The Morgan fingerprint density at radius 1 is 1.35 bits per heavy atom. The summed E-state index contributed by atoms with van der Waals surface area (Å²) in [6.45, 7) is 2.30. The molecule has 1 aromatic heterocycles. The average Bonchev–Trinajstić information content (AvgIpc) is 3.46. The second kappa shape index (κ2) is 5.74. The number of allylic oxidation sites excluding steroid dienone is 1. The number of carbonyl (C=O) groups excluding carboxylic acids is 1. The maximum absolute atomic E-state index is 12.8. The number of rotatable bonds is 5. The Morgan fingerprint density at radius 3 is 2.61 bits per heavy atom. The number of nitrogens with zero attached hydrogens (tertiary/aromatic N) is 3. The molecule has 3 aliphatic rings. The van der Waals surface area contributed by atoms with Crippen LogP contribution in [-0.4, -0.2) is 38.7 Å². The van der Waals surface area contributed by atoms with Crippen LogP contribution in [0.25, 0.3) is 0 Å². The van der Waals surface area contributed by atoms with E-state index in [9.17, 15) is 9.90 Å². The van der Waals surface area contributed by atoms with Gasteiger partial charge >= 0.3 is 0 Å². The lowest BCUT2D eigenvalue weighted by Crippen LogP contribution is -2.31. The minimum absolute atomic E-state index is 0.0170. The standard InChI is InChI=1S/C17H23N3O3/c1-2-15-18-17(23-19-15)14-7-12(21)9-20(14)16(22)8-13(10-3-4-10)11-5-6-11/h8,10-12,14,21H,2-7,9H2,1H3/t12-,14+/m0/s1. The monoisotopic (exact) mass is 317 g/mol. The Hall–Kier alpha value is -1.69. The number of hydrogen-bond acceptors (Lipinski definition) is 5. The molecule has 0 radical (unpaired) electrons. The first kappa shape index (κ1) is 14.9. The van der Waals surface area contributed by atoms with Crippen molar-refractivity contribution in [1.29, 1.82) is 0 Å². The Kier molecular flexibility index (Phi) is 3.71. The third kappa shape index (κ3) is 3.04. The van der Waals surface area contributed by atoms with Gasteiger partial charge in [0, 0.05) is 25.5 Å². The zero-order valence-corrected chi connectivity index (χ0v) is 13.4. The van der Waals surface area contributed by atoms with Crippen molar-refractivity contribution in [2.45, 2.75) is 57.6 Å². The van der Waals surface area contributed by atoms with Crippen LogP contribution in [0.4, 0.5) is 0 Å². The topological polar surface area (TPSA) is 79.5 Å². The van der Waals surface area contributed by atoms with E-state index >= 15 is 0 Å². The fourth-order valence-corrected chi connectivity index (χ4v) is 3.47. The van der Waals surface area contributed by atoms with Gasteiger partial charge in [-0.15, -0.1) is 0 Å². The summed E-state index contributed by atoms with van der Waals surface area (Å²) in [4.78, 5) is 18.8. The van der Waals surface area contributed by atoms with E-state index < -0.39 is 6.10 Å². The molecule has 0 unspecified atom stereocenters. The van der Waals surface area contributed by atoms with Crippen molar-refractivity contribution in [3.05, 3.63) is 23.4 Å². The lowest BCUT2D eigenvalue weighted by Gasteiger charge is -2.20. The number of aromatic nitrogens is 2. The van der Waals surface area contributed by atoms with Crippen molar-refractivity contribution in [3.8, 4) is 0 Å². The molecule has 6 heteroatoms. The third-order valence-corrected chi connectivity index (χ3v) is 5.03. The molecule has 2 atom stereocenters. The highest BCUT2D eigenvalue weighted by atomic mass is 16.5. The average molecular weight is 317 g/mol. The summed E-state index contributed by atoms with van der Waals surface area (Å²) >= 11 is 0. The molecule has 2 aliphatic carbocycles. The van der Waals surface area contributed by atoms with Crippen LogP contribution < -0.4 is 0 Å². The number of aryl methyl sites for hydroxylation is 1. The first-order valence-corrected chi connectivity index (χ1v) is 8.68. The summed E-state index contributed by atoms with van der Waals surface area (Å²) in [5.74, 6) is 2.30. The van der Waals surface area contributed by atoms with Crippen LogP contribution in [0, 0.1) is 11.8 Å². The van der Waals surface area contributed by atoms with E-state index in [1.165, 1.54) is 31.3 Å². The maximum Gasteiger partial charge on any atom is 0.249 e. The molecule has 4 rings (SSSR count). The van der Waals surface area contributed by atoms with Gasteiger partial charge in [-0.2, -0.15) is 4.98 Å². The first-order valence-electron chi connectivity index (χ1n) is 8.68. The molecule has 1 saturated heterocycles. The zero-order chi connectivity index (χ0) is 16.0. The number of amides is 1. The predicted octanol–water partition coefficient (Wildman–Crippen LogP) is 2.01. The number of hydrogen-bond donors (Lipinski definition) is 1. The normalized spacial score (nSPS) is 27.3. The molecule has 2 heterocycles. The van der Waals surface area contributed by atoms with E-state index in [4.69, 9.17) is 4.52 Å². The molecule has 124 valence electrons. The van der Waals surface area contributed by atoms with E-state index in [0.29, 0.717) is 42.9 Å². The highest BCUT2D eigenvalue weighted by Crippen LogP contribution is 2.49. The second-order valence-electron chi connectivity index (χ2n) is 6.99. The van der Waals surface area contributed by atoms with Crippen molar-refractivity contribution in [3.63, 3.8) is 0 Å². The van der Waals surface area contributed by atoms with Crippen LogP contribution in [0.5, 0.6) is 0 Å². The van der Waals surface area contributed by atoms with E-state index in [1.807, 2.05) is 13.0 Å². The molecule has 0 spiro atoms. The van der Waals surface area contributed by atoms with Crippen molar-refractivity contribution < 1.29 is 14.4 Å². The van der Waals surface area contributed by atoms with Crippen LogP contribution in [0.15, 0.2) is 16.2 Å². The van der Waals surface area contributed by atoms with Crippen molar-refractivity contribution in [1.82, 2.24) is 15.0 Å². The largest absolute Gasteiger partial charge is 0.391 e. The van der Waals surface area contributed by atoms with Gasteiger partial charge in [0.15, 0.2) is 5.82 Å². The van der Waals surface area contributed by atoms with Gasteiger partial charge in [-0.1, -0.05) is 17.7 Å². The molecule has 2 saturated carbocycles.